The number of halogens is 1. The van der Waals surface area contributed by atoms with Crippen LogP contribution >= 0.6 is 0 Å². The van der Waals surface area contributed by atoms with Crippen molar-refractivity contribution in [1.29, 1.82) is 0 Å². The van der Waals surface area contributed by atoms with Crippen LogP contribution < -0.4 is 10.1 Å². The smallest absolute Gasteiger partial charge is 0.167 e. The van der Waals surface area contributed by atoms with Crippen molar-refractivity contribution >= 4 is 0 Å². The van der Waals surface area contributed by atoms with Crippen LogP contribution in [0.3, 0.4) is 0 Å². The highest BCUT2D eigenvalue weighted by Crippen LogP contribution is 2.25. The summed E-state index contributed by atoms with van der Waals surface area (Å²) in [7, 11) is 0. The highest BCUT2D eigenvalue weighted by molar-refractivity contribution is 5.30. The van der Waals surface area contributed by atoms with Crippen molar-refractivity contribution in [2.45, 2.75) is 39.7 Å². The maximum absolute atomic E-state index is 13.8. The summed E-state index contributed by atoms with van der Waals surface area (Å²) in [5.74, 6) is 0.0796. The molecule has 96 valence electrons. The lowest BCUT2D eigenvalue weighted by Gasteiger charge is -2.30. The summed E-state index contributed by atoms with van der Waals surface area (Å²) in [6.07, 6.45) is 0.827. The Morgan fingerprint density at radius 1 is 1.35 bits per heavy atom. The molecule has 17 heavy (non-hydrogen) atoms. The minimum absolute atomic E-state index is 0.260. The third-order valence-corrected chi connectivity index (χ3v) is 3.01. The Hall–Kier alpha value is -1.09. The molecule has 3 heteroatoms. The Morgan fingerprint density at radius 3 is 2.65 bits per heavy atom. The number of nitrogens with one attached hydrogen (secondary N) is 1. The van der Waals surface area contributed by atoms with E-state index < -0.39 is 0 Å². The van der Waals surface area contributed by atoms with Crippen LogP contribution in [0.15, 0.2) is 18.2 Å². The van der Waals surface area contributed by atoms with E-state index >= 15 is 0 Å². The van der Waals surface area contributed by atoms with Crippen LogP contribution in [0.25, 0.3) is 0 Å². The molecule has 1 aromatic rings. The van der Waals surface area contributed by atoms with E-state index in [0.29, 0.717) is 17.9 Å². The van der Waals surface area contributed by atoms with E-state index in [4.69, 9.17) is 4.74 Å². The molecule has 0 fully saturated rings. The molecule has 0 spiro atoms. The van der Waals surface area contributed by atoms with Crippen molar-refractivity contribution in [3.8, 4) is 5.75 Å². The number of rotatable bonds is 6. The molecule has 1 N–H and O–H groups in total. The fourth-order valence-corrected chi connectivity index (χ4v) is 1.59. The van der Waals surface area contributed by atoms with E-state index in [2.05, 4.69) is 5.32 Å². The summed E-state index contributed by atoms with van der Waals surface area (Å²) in [6.45, 7) is 9.43. The molecule has 0 saturated heterocycles. The molecule has 1 aromatic carbocycles. The van der Waals surface area contributed by atoms with Gasteiger partial charge in [0, 0.05) is 6.54 Å². The summed E-state index contributed by atoms with van der Waals surface area (Å²) >= 11 is 0. The standard InChI is InChI=1S/C14H22FNO/c1-5-14(4,10-16-6-2)17-12-9-7-8-11(3)13(12)15/h7-9,16H,5-6,10H2,1-4H3. The number of likely N-dealkylation sites (N-methyl/N-ethyl adjacent to an activating group) is 1. The van der Waals surface area contributed by atoms with Gasteiger partial charge < -0.3 is 10.1 Å². The van der Waals surface area contributed by atoms with E-state index in [1.54, 1.807) is 19.1 Å². The summed E-state index contributed by atoms with van der Waals surface area (Å²) in [4.78, 5) is 0. The van der Waals surface area contributed by atoms with Gasteiger partial charge in [-0.15, -0.1) is 0 Å². The molecule has 1 rings (SSSR count). The van der Waals surface area contributed by atoms with Gasteiger partial charge in [-0.05, 0) is 38.4 Å². The van der Waals surface area contributed by atoms with Crippen molar-refractivity contribution in [3.63, 3.8) is 0 Å². The van der Waals surface area contributed by atoms with Gasteiger partial charge in [-0.1, -0.05) is 26.0 Å². The van der Waals surface area contributed by atoms with E-state index in [9.17, 15) is 4.39 Å². The second-order valence-corrected chi connectivity index (χ2v) is 4.57. The average molecular weight is 239 g/mol. The zero-order chi connectivity index (χ0) is 12.9. The Morgan fingerprint density at radius 2 is 2.06 bits per heavy atom. The number of hydrogen-bond acceptors (Lipinski definition) is 2. The lowest BCUT2D eigenvalue weighted by molar-refractivity contribution is 0.0791. The number of aryl methyl sites for hydroxylation is 1. The lowest BCUT2D eigenvalue weighted by Crippen LogP contribution is -2.42. The number of benzene rings is 1. The van der Waals surface area contributed by atoms with Crippen molar-refractivity contribution < 1.29 is 9.13 Å². The molecule has 1 atom stereocenters. The topological polar surface area (TPSA) is 21.3 Å². The molecule has 0 saturated carbocycles. The molecule has 0 aliphatic carbocycles. The third-order valence-electron chi connectivity index (χ3n) is 3.01. The van der Waals surface area contributed by atoms with Crippen LogP contribution in [0.1, 0.15) is 32.8 Å². The Balaban J connectivity index is 2.83. The minimum Gasteiger partial charge on any atom is -0.483 e. The monoisotopic (exact) mass is 239 g/mol. The molecule has 0 radical (unpaired) electrons. The third kappa shape index (κ3) is 3.70. The van der Waals surface area contributed by atoms with Gasteiger partial charge in [0.1, 0.15) is 5.60 Å². The van der Waals surface area contributed by atoms with E-state index in [0.717, 1.165) is 13.0 Å². The molecule has 0 bridgehead atoms. The highest BCUT2D eigenvalue weighted by atomic mass is 19.1. The van der Waals surface area contributed by atoms with Gasteiger partial charge in [0.15, 0.2) is 11.6 Å². The molecular formula is C14H22FNO. The maximum Gasteiger partial charge on any atom is 0.167 e. The SMILES string of the molecule is CCNCC(C)(CC)Oc1cccc(C)c1F. The van der Waals surface area contributed by atoms with Gasteiger partial charge >= 0.3 is 0 Å². The normalized spacial score (nSPS) is 14.4. The molecule has 1 unspecified atom stereocenters. The summed E-state index contributed by atoms with van der Waals surface area (Å²) in [6, 6.07) is 5.25. The van der Waals surface area contributed by atoms with Crippen LogP contribution in [0.4, 0.5) is 4.39 Å². The molecule has 0 heterocycles. The zero-order valence-corrected chi connectivity index (χ0v) is 11.1. The van der Waals surface area contributed by atoms with Gasteiger partial charge in [-0.3, -0.25) is 0 Å². The molecule has 0 aliphatic heterocycles. The first-order chi connectivity index (χ1) is 8.02. The van der Waals surface area contributed by atoms with Crippen molar-refractivity contribution in [2.24, 2.45) is 0 Å². The van der Waals surface area contributed by atoms with E-state index in [1.807, 2.05) is 26.8 Å². The molecular weight excluding hydrogens is 217 g/mol. The first-order valence-corrected chi connectivity index (χ1v) is 6.17. The second-order valence-electron chi connectivity index (χ2n) is 4.57. The predicted molar refractivity (Wildman–Crippen MR) is 69.0 cm³/mol. The van der Waals surface area contributed by atoms with Crippen molar-refractivity contribution in [1.82, 2.24) is 5.32 Å². The van der Waals surface area contributed by atoms with Gasteiger partial charge in [-0.25, -0.2) is 4.39 Å². The first kappa shape index (κ1) is 14.0. The van der Waals surface area contributed by atoms with Crippen LogP contribution in [0, 0.1) is 12.7 Å². The van der Waals surface area contributed by atoms with Gasteiger partial charge in [0.2, 0.25) is 0 Å². The molecule has 2 nitrogen and oxygen atoms in total. The fourth-order valence-electron chi connectivity index (χ4n) is 1.59. The average Bonchev–Trinajstić information content (AvgIpc) is 2.33. The summed E-state index contributed by atoms with van der Waals surface area (Å²) in [5.41, 5.74) is 0.245. The number of ether oxygens (including phenoxy) is 1. The van der Waals surface area contributed by atoms with Gasteiger partial charge in [0.25, 0.3) is 0 Å². The van der Waals surface area contributed by atoms with Gasteiger partial charge in [0.05, 0.1) is 0 Å². The molecule has 0 aliphatic rings. The second kappa shape index (κ2) is 6.01. The maximum atomic E-state index is 13.8. The first-order valence-electron chi connectivity index (χ1n) is 6.17. The lowest BCUT2D eigenvalue weighted by atomic mass is 10.0. The van der Waals surface area contributed by atoms with Crippen LogP contribution in [0.2, 0.25) is 0 Å². The van der Waals surface area contributed by atoms with Crippen LogP contribution in [-0.2, 0) is 0 Å². The minimum atomic E-state index is -0.370. The van der Waals surface area contributed by atoms with Crippen molar-refractivity contribution in [3.05, 3.63) is 29.6 Å². The summed E-state index contributed by atoms with van der Waals surface area (Å²) < 4.78 is 19.7. The van der Waals surface area contributed by atoms with E-state index in [1.165, 1.54) is 0 Å². The van der Waals surface area contributed by atoms with Crippen LogP contribution in [-0.4, -0.2) is 18.7 Å². The Labute approximate surface area is 103 Å². The Bertz CT molecular complexity index is 367. The summed E-state index contributed by atoms with van der Waals surface area (Å²) in [5, 5.41) is 3.25. The van der Waals surface area contributed by atoms with Gasteiger partial charge in [-0.2, -0.15) is 0 Å². The van der Waals surface area contributed by atoms with Crippen LogP contribution in [0.5, 0.6) is 5.75 Å². The number of hydrogen-bond donors (Lipinski definition) is 1. The Kier molecular flexibility index (Phi) is 4.94. The zero-order valence-electron chi connectivity index (χ0n) is 11.1. The predicted octanol–water partition coefficient (Wildman–Crippen LogP) is 3.29. The quantitative estimate of drug-likeness (QED) is 0.822. The fraction of sp³-hybridized carbons (Fsp3) is 0.571. The van der Waals surface area contributed by atoms with Crippen molar-refractivity contribution in [2.75, 3.05) is 13.1 Å². The highest BCUT2D eigenvalue weighted by Gasteiger charge is 2.25. The van der Waals surface area contributed by atoms with E-state index in [-0.39, 0.29) is 11.4 Å². The largest absolute Gasteiger partial charge is 0.483 e. The molecule has 0 aromatic heterocycles. The molecule has 0 amide bonds.